The van der Waals surface area contributed by atoms with Crippen LogP contribution in [0.15, 0.2) is 35.5 Å². The van der Waals surface area contributed by atoms with Crippen LogP contribution in [0.1, 0.15) is 35.4 Å². The summed E-state index contributed by atoms with van der Waals surface area (Å²) < 4.78 is 5.25. The van der Waals surface area contributed by atoms with Gasteiger partial charge in [-0.2, -0.15) is 0 Å². The van der Waals surface area contributed by atoms with Crippen molar-refractivity contribution in [2.45, 2.75) is 26.2 Å². The molecule has 25 heavy (non-hydrogen) atoms. The lowest BCUT2D eigenvalue weighted by molar-refractivity contribution is -0.127. The van der Waals surface area contributed by atoms with Crippen LogP contribution in [0.25, 0.3) is 0 Å². The molecule has 0 aromatic carbocycles. The summed E-state index contributed by atoms with van der Waals surface area (Å²) in [5.74, 6) is 0.633. The van der Waals surface area contributed by atoms with Crippen LogP contribution in [0, 0.1) is 12.3 Å². The molecule has 4 rings (SSSR count). The molecule has 2 fully saturated rings. The molecule has 1 spiro atoms. The van der Waals surface area contributed by atoms with E-state index in [1.807, 2.05) is 0 Å². The number of piperidine rings is 1. The predicted molar refractivity (Wildman–Crippen MR) is 90.0 cm³/mol. The van der Waals surface area contributed by atoms with Gasteiger partial charge in [-0.25, -0.2) is 9.97 Å². The lowest BCUT2D eigenvalue weighted by atomic mass is 9.78. The van der Waals surface area contributed by atoms with Crippen LogP contribution in [-0.2, 0) is 4.79 Å². The summed E-state index contributed by atoms with van der Waals surface area (Å²) in [5.41, 5.74) is 0.802. The molecule has 0 radical (unpaired) electrons. The molecule has 0 unspecified atom stereocenters. The number of carbonyl (C=O) groups is 2. The van der Waals surface area contributed by atoms with Crippen LogP contribution in [0.5, 0.6) is 0 Å². The highest BCUT2D eigenvalue weighted by Crippen LogP contribution is 2.42. The second kappa shape index (κ2) is 5.98. The minimum atomic E-state index is -0.499. The smallest absolute Gasteiger partial charge is 0.257 e. The summed E-state index contributed by atoms with van der Waals surface area (Å²) in [6.45, 7) is 3.55. The van der Waals surface area contributed by atoms with Crippen LogP contribution in [0.2, 0.25) is 0 Å². The molecule has 1 atom stereocenters. The summed E-state index contributed by atoms with van der Waals surface area (Å²) >= 11 is 0. The summed E-state index contributed by atoms with van der Waals surface area (Å²) in [6.07, 6.45) is 8.68. The minimum Gasteiger partial charge on any atom is -0.469 e. The van der Waals surface area contributed by atoms with Crippen molar-refractivity contribution >= 4 is 17.5 Å². The van der Waals surface area contributed by atoms with Crippen LogP contribution in [0.4, 0.5) is 5.69 Å². The number of nitrogens with zero attached hydrogens (tertiary/aromatic N) is 4. The number of aromatic nitrogens is 2. The fraction of sp³-hybridized carbons (Fsp3) is 0.444. The third-order valence-corrected chi connectivity index (χ3v) is 5.32. The molecule has 4 heterocycles. The highest BCUT2D eigenvalue weighted by molar-refractivity contribution is 6.01. The molecule has 7 nitrogen and oxygen atoms in total. The largest absolute Gasteiger partial charge is 0.469 e. The first-order chi connectivity index (χ1) is 12.1. The fourth-order valence-corrected chi connectivity index (χ4v) is 3.96. The van der Waals surface area contributed by atoms with E-state index in [1.165, 1.54) is 12.6 Å². The Morgan fingerprint density at radius 3 is 2.76 bits per heavy atom. The Hall–Kier alpha value is -2.70. The molecule has 2 amide bonds. The number of anilines is 1. The molecule has 2 aromatic rings. The lowest BCUT2D eigenvalue weighted by Crippen LogP contribution is -2.50. The van der Waals surface area contributed by atoms with Gasteiger partial charge in [-0.1, -0.05) is 0 Å². The Labute approximate surface area is 145 Å². The van der Waals surface area contributed by atoms with Gasteiger partial charge < -0.3 is 14.2 Å². The first-order valence-electron chi connectivity index (χ1n) is 8.51. The quantitative estimate of drug-likeness (QED) is 0.836. The number of likely N-dealkylation sites (tertiary alicyclic amines) is 1. The van der Waals surface area contributed by atoms with Crippen molar-refractivity contribution < 1.29 is 14.0 Å². The Morgan fingerprint density at radius 1 is 1.24 bits per heavy atom. The van der Waals surface area contributed by atoms with Gasteiger partial charge in [-0.3, -0.25) is 9.59 Å². The molecule has 130 valence electrons. The van der Waals surface area contributed by atoms with Crippen molar-refractivity contribution in [3.05, 3.63) is 42.4 Å². The number of hydrogen-bond donors (Lipinski definition) is 0. The lowest BCUT2D eigenvalue weighted by Gasteiger charge is -2.39. The number of carbonyl (C=O) groups excluding carboxylic acids is 2. The Kier molecular flexibility index (Phi) is 3.78. The third kappa shape index (κ3) is 2.59. The maximum Gasteiger partial charge on any atom is 0.257 e. The van der Waals surface area contributed by atoms with Crippen LogP contribution in [0.3, 0.4) is 0 Å². The third-order valence-electron chi connectivity index (χ3n) is 5.32. The Morgan fingerprint density at radius 2 is 2.04 bits per heavy atom. The van der Waals surface area contributed by atoms with Gasteiger partial charge in [0.15, 0.2) is 0 Å². The van der Waals surface area contributed by atoms with E-state index in [-0.39, 0.29) is 11.8 Å². The summed E-state index contributed by atoms with van der Waals surface area (Å²) in [5, 5.41) is 0. The molecule has 2 aliphatic heterocycles. The maximum atomic E-state index is 13.1. The van der Waals surface area contributed by atoms with E-state index in [2.05, 4.69) is 9.97 Å². The van der Waals surface area contributed by atoms with E-state index in [1.54, 1.807) is 35.2 Å². The number of aryl methyl sites for hydroxylation is 1. The van der Waals surface area contributed by atoms with Gasteiger partial charge in [0.2, 0.25) is 5.91 Å². The molecular formula is C18H20N4O3. The zero-order chi connectivity index (χ0) is 17.4. The molecule has 0 N–H and O–H groups in total. The highest BCUT2D eigenvalue weighted by atomic mass is 16.3. The second-order valence-corrected chi connectivity index (χ2v) is 6.80. The number of furan rings is 1. The zero-order valence-corrected chi connectivity index (χ0v) is 14.1. The average Bonchev–Trinajstić information content (AvgIpc) is 3.20. The van der Waals surface area contributed by atoms with Gasteiger partial charge in [0.05, 0.1) is 35.3 Å². The van der Waals surface area contributed by atoms with Crippen molar-refractivity contribution in [2.75, 3.05) is 24.5 Å². The number of hydrogen-bond acceptors (Lipinski definition) is 5. The zero-order valence-electron chi connectivity index (χ0n) is 14.1. The average molecular weight is 340 g/mol. The SMILES string of the molecule is Cc1occc1C(=O)N1CCC[C@]2(CCN(c3cncnc3)C2=O)C1. The van der Waals surface area contributed by atoms with Gasteiger partial charge >= 0.3 is 0 Å². The Bertz CT molecular complexity index is 804. The second-order valence-electron chi connectivity index (χ2n) is 6.80. The van der Waals surface area contributed by atoms with Crippen molar-refractivity contribution in [2.24, 2.45) is 5.41 Å². The predicted octanol–water partition coefficient (Wildman–Crippen LogP) is 2.04. The molecular weight excluding hydrogens is 320 g/mol. The first-order valence-corrected chi connectivity index (χ1v) is 8.51. The van der Waals surface area contributed by atoms with Gasteiger partial charge in [-0.05, 0) is 32.3 Å². The van der Waals surface area contributed by atoms with Crippen molar-refractivity contribution in [3.63, 3.8) is 0 Å². The van der Waals surface area contributed by atoms with Crippen molar-refractivity contribution in [1.29, 1.82) is 0 Å². The van der Waals surface area contributed by atoms with Gasteiger partial charge in [0, 0.05) is 19.6 Å². The van der Waals surface area contributed by atoms with E-state index in [0.29, 0.717) is 31.0 Å². The van der Waals surface area contributed by atoms with Gasteiger partial charge in [-0.15, -0.1) is 0 Å². The van der Waals surface area contributed by atoms with Gasteiger partial charge in [0.25, 0.3) is 5.91 Å². The standard InChI is InChI=1S/C18H20N4O3/c1-13-15(3-8-25-13)16(23)21-6-2-4-18(11-21)5-7-22(17(18)24)14-9-19-12-20-10-14/h3,8-10,12H,2,4-7,11H2,1H3/t18-/m0/s1. The maximum absolute atomic E-state index is 13.1. The van der Waals surface area contributed by atoms with E-state index < -0.39 is 5.41 Å². The van der Waals surface area contributed by atoms with E-state index >= 15 is 0 Å². The summed E-state index contributed by atoms with van der Waals surface area (Å²) in [7, 11) is 0. The monoisotopic (exact) mass is 340 g/mol. The number of amides is 2. The fourth-order valence-electron chi connectivity index (χ4n) is 3.96. The van der Waals surface area contributed by atoms with Crippen molar-refractivity contribution in [1.82, 2.24) is 14.9 Å². The van der Waals surface area contributed by atoms with E-state index in [4.69, 9.17) is 4.42 Å². The van der Waals surface area contributed by atoms with E-state index in [0.717, 1.165) is 24.9 Å². The van der Waals surface area contributed by atoms with Crippen molar-refractivity contribution in [3.8, 4) is 0 Å². The minimum absolute atomic E-state index is 0.0559. The molecule has 7 heteroatoms. The highest BCUT2D eigenvalue weighted by Gasteiger charge is 2.50. The molecule has 0 aliphatic carbocycles. The topological polar surface area (TPSA) is 79.5 Å². The molecule has 2 aliphatic rings. The summed E-state index contributed by atoms with van der Waals surface area (Å²) in [6, 6.07) is 1.70. The molecule has 2 aromatic heterocycles. The van der Waals surface area contributed by atoms with Crippen LogP contribution < -0.4 is 4.90 Å². The molecule has 2 saturated heterocycles. The first kappa shape index (κ1) is 15.8. The van der Waals surface area contributed by atoms with Gasteiger partial charge in [0.1, 0.15) is 12.1 Å². The van der Waals surface area contributed by atoms with Crippen LogP contribution >= 0.6 is 0 Å². The van der Waals surface area contributed by atoms with Crippen LogP contribution in [-0.4, -0.2) is 46.3 Å². The normalized spacial score (nSPS) is 23.5. The molecule has 0 bridgehead atoms. The Balaban J connectivity index is 1.56. The van der Waals surface area contributed by atoms with E-state index in [9.17, 15) is 9.59 Å². The molecule has 0 saturated carbocycles. The summed E-state index contributed by atoms with van der Waals surface area (Å²) in [4.78, 5) is 37.5. The number of rotatable bonds is 2.